The predicted octanol–water partition coefficient (Wildman–Crippen LogP) is 3.17. The molecule has 2 N–H and O–H groups in total. The van der Waals surface area contributed by atoms with Gasteiger partial charge in [0.25, 0.3) is 0 Å². The molecule has 32 heavy (non-hydrogen) atoms. The lowest BCUT2D eigenvalue weighted by atomic mass is 10.1. The van der Waals surface area contributed by atoms with Gasteiger partial charge in [0, 0.05) is 44.9 Å². The van der Waals surface area contributed by atoms with Crippen LogP contribution in [0.2, 0.25) is 0 Å². The molecule has 7 heteroatoms. The molecule has 1 atom stereocenters. The van der Waals surface area contributed by atoms with E-state index in [0.717, 1.165) is 49.6 Å². The van der Waals surface area contributed by atoms with Crippen molar-refractivity contribution in [2.75, 3.05) is 27.2 Å². The van der Waals surface area contributed by atoms with Crippen LogP contribution >= 0.6 is 0 Å². The van der Waals surface area contributed by atoms with Crippen LogP contribution < -0.4 is 15.5 Å². The van der Waals surface area contributed by atoms with Crippen molar-refractivity contribution in [2.24, 2.45) is 10.1 Å². The Bertz CT molecular complexity index is 983. The molecule has 0 amide bonds. The van der Waals surface area contributed by atoms with Gasteiger partial charge >= 0.3 is 0 Å². The molecule has 2 heterocycles. The smallest absolute Gasteiger partial charge is 0.179 e. The maximum absolute atomic E-state index is 5.25. The van der Waals surface area contributed by atoms with Crippen molar-refractivity contribution < 1.29 is 4.74 Å². The zero-order valence-corrected chi connectivity index (χ0v) is 19.1. The zero-order valence-electron chi connectivity index (χ0n) is 19.1. The van der Waals surface area contributed by atoms with Gasteiger partial charge in [0.1, 0.15) is 11.6 Å². The number of rotatable bonds is 7. The summed E-state index contributed by atoms with van der Waals surface area (Å²) in [4.78, 5) is 9.58. The van der Waals surface area contributed by atoms with E-state index in [9.17, 15) is 0 Å². The van der Waals surface area contributed by atoms with Gasteiger partial charge in [-0.2, -0.15) is 5.10 Å². The largest absolute Gasteiger partial charge is 0.497 e. The molecular weight excluding hydrogens is 400 g/mol. The van der Waals surface area contributed by atoms with Gasteiger partial charge in [0.15, 0.2) is 12.1 Å². The summed E-state index contributed by atoms with van der Waals surface area (Å²) in [6, 6.07) is 18.8. The SMILES string of the molecule is COc1ccc(CCNC2N=C3N/N=C/CCN(Cc4ccccc4)C(=C3C)N2C)cc1. The van der Waals surface area contributed by atoms with Crippen LogP contribution in [0.25, 0.3) is 0 Å². The van der Waals surface area contributed by atoms with Crippen molar-refractivity contribution in [1.29, 1.82) is 0 Å². The number of methoxy groups -OCH3 is 1. The summed E-state index contributed by atoms with van der Waals surface area (Å²) in [7, 11) is 3.80. The number of benzene rings is 2. The third-order valence-corrected chi connectivity index (χ3v) is 5.85. The minimum atomic E-state index is -0.166. The number of hydrogen-bond acceptors (Lipinski definition) is 7. The Morgan fingerprint density at radius 3 is 2.62 bits per heavy atom. The Balaban J connectivity index is 1.50. The lowest BCUT2D eigenvalue weighted by Gasteiger charge is -2.41. The second-order valence-corrected chi connectivity index (χ2v) is 8.08. The fraction of sp³-hybridized carbons (Fsp3) is 0.360. The first-order chi connectivity index (χ1) is 15.7. The molecule has 0 fully saturated rings. The van der Waals surface area contributed by atoms with Gasteiger partial charge in [0.05, 0.1) is 7.11 Å². The number of aliphatic imine (C=N–C) groups is 1. The van der Waals surface area contributed by atoms with Crippen molar-refractivity contribution >= 4 is 12.1 Å². The van der Waals surface area contributed by atoms with Gasteiger partial charge in [0.2, 0.25) is 0 Å². The fourth-order valence-electron chi connectivity index (χ4n) is 4.13. The van der Waals surface area contributed by atoms with Gasteiger partial charge in [-0.25, -0.2) is 4.99 Å². The van der Waals surface area contributed by atoms with Gasteiger partial charge in [-0.15, -0.1) is 0 Å². The van der Waals surface area contributed by atoms with E-state index in [1.165, 1.54) is 16.9 Å². The highest BCUT2D eigenvalue weighted by Gasteiger charge is 2.29. The number of hydrazone groups is 1. The fourth-order valence-corrected chi connectivity index (χ4v) is 4.13. The van der Waals surface area contributed by atoms with Crippen LogP contribution in [0.3, 0.4) is 0 Å². The molecule has 0 spiro atoms. The topological polar surface area (TPSA) is 64.5 Å². The van der Waals surface area contributed by atoms with Crippen LogP contribution in [0.15, 0.2) is 76.1 Å². The van der Waals surface area contributed by atoms with E-state index >= 15 is 0 Å². The molecule has 0 radical (unpaired) electrons. The van der Waals surface area contributed by atoms with Crippen molar-refractivity contribution in [1.82, 2.24) is 20.5 Å². The molecule has 1 unspecified atom stereocenters. The van der Waals surface area contributed by atoms with Crippen LogP contribution in [0.5, 0.6) is 5.75 Å². The van der Waals surface area contributed by atoms with E-state index in [1.54, 1.807) is 7.11 Å². The molecular formula is C25H32N6O. The van der Waals surface area contributed by atoms with E-state index in [0.29, 0.717) is 0 Å². The molecule has 2 aliphatic rings. The molecule has 2 aromatic carbocycles. The van der Waals surface area contributed by atoms with Crippen LogP contribution in [-0.2, 0) is 13.0 Å². The summed E-state index contributed by atoms with van der Waals surface area (Å²) in [5.74, 6) is 2.87. The normalized spacial score (nSPS) is 19.5. The Hall–Kier alpha value is -3.32. The predicted molar refractivity (Wildman–Crippen MR) is 129 cm³/mol. The Labute approximate surface area is 190 Å². The second-order valence-electron chi connectivity index (χ2n) is 8.08. The van der Waals surface area contributed by atoms with Crippen LogP contribution in [0, 0.1) is 0 Å². The molecule has 0 saturated carbocycles. The highest BCUT2D eigenvalue weighted by molar-refractivity contribution is 5.99. The van der Waals surface area contributed by atoms with E-state index < -0.39 is 0 Å². The first-order valence-corrected chi connectivity index (χ1v) is 11.1. The van der Waals surface area contributed by atoms with E-state index in [1.807, 2.05) is 18.3 Å². The minimum absolute atomic E-state index is 0.166. The second kappa shape index (κ2) is 10.3. The summed E-state index contributed by atoms with van der Waals surface area (Å²) >= 11 is 0. The maximum atomic E-state index is 5.25. The number of ether oxygens (including phenoxy) is 1. The molecule has 2 aliphatic heterocycles. The average molecular weight is 433 g/mol. The average Bonchev–Trinajstić information content (AvgIpc) is 2.86. The number of nitrogens with one attached hydrogen (secondary N) is 2. The van der Waals surface area contributed by atoms with Crippen LogP contribution in [0.1, 0.15) is 24.5 Å². The lowest BCUT2D eigenvalue weighted by molar-refractivity contribution is 0.166. The molecule has 0 aromatic heterocycles. The highest BCUT2D eigenvalue weighted by atomic mass is 16.5. The Morgan fingerprint density at radius 2 is 1.88 bits per heavy atom. The van der Waals surface area contributed by atoms with Crippen LogP contribution in [-0.4, -0.2) is 55.4 Å². The highest BCUT2D eigenvalue weighted by Crippen LogP contribution is 2.25. The zero-order chi connectivity index (χ0) is 22.3. The minimum Gasteiger partial charge on any atom is -0.497 e. The Kier molecular flexibility index (Phi) is 7.07. The summed E-state index contributed by atoms with van der Waals surface area (Å²) in [6.45, 7) is 4.66. The first kappa shape index (κ1) is 21.9. The van der Waals surface area contributed by atoms with Crippen LogP contribution in [0.4, 0.5) is 0 Å². The molecule has 168 valence electrons. The van der Waals surface area contributed by atoms with E-state index in [4.69, 9.17) is 9.73 Å². The van der Waals surface area contributed by atoms with Gasteiger partial charge in [-0.3, -0.25) is 10.7 Å². The van der Waals surface area contributed by atoms with E-state index in [-0.39, 0.29) is 6.29 Å². The molecule has 2 bridgehead atoms. The molecule has 7 nitrogen and oxygen atoms in total. The number of nitrogens with zero attached hydrogens (tertiary/aromatic N) is 4. The summed E-state index contributed by atoms with van der Waals surface area (Å²) in [5.41, 5.74) is 6.81. The molecule has 2 aromatic rings. The lowest BCUT2D eigenvalue weighted by Crippen LogP contribution is -2.51. The third kappa shape index (κ3) is 5.11. The third-order valence-electron chi connectivity index (χ3n) is 5.85. The molecule has 4 rings (SSSR count). The van der Waals surface area contributed by atoms with E-state index in [2.05, 4.69) is 82.1 Å². The number of fused-ring (bicyclic) bond motifs is 1. The monoisotopic (exact) mass is 432 g/mol. The molecule has 0 saturated heterocycles. The Morgan fingerprint density at radius 1 is 1.09 bits per heavy atom. The van der Waals surface area contributed by atoms with Gasteiger partial charge < -0.3 is 14.5 Å². The standard InChI is InChI=1S/C25H32N6O/c1-19-23-28-25(26-16-14-20-10-12-22(32-3)13-11-20)30(2)24(19)31(17-7-15-27-29-23)18-21-8-5-4-6-9-21/h4-6,8-13,15,25-26H,7,14,16-18H2,1-3H3,(H,28,29)/b27-15+. The number of amidine groups is 1. The first-order valence-electron chi connectivity index (χ1n) is 11.1. The van der Waals surface area contributed by atoms with Gasteiger partial charge in [-0.1, -0.05) is 42.5 Å². The van der Waals surface area contributed by atoms with Crippen molar-refractivity contribution in [3.8, 4) is 5.75 Å². The molecule has 0 aliphatic carbocycles. The quantitative estimate of drug-likeness (QED) is 0.704. The van der Waals surface area contributed by atoms with Crippen molar-refractivity contribution in [3.63, 3.8) is 0 Å². The summed E-state index contributed by atoms with van der Waals surface area (Å²) in [5, 5.41) is 7.99. The maximum Gasteiger partial charge on any atom is 0.179 e. The van der Waals surface area contributed by atoms with Gasteiger partial charge in [-0.05, 0) is 36.6 Å². The van der Waals surface area contributed by atoms with Crippen molar-refractivity contribution in [3.05, 3.63) is 77.1 Å². The van der Waals surface area contributed by atoms with Crippen molar-refractivity contribution in [2.45, 2.75) is 32.6 Å². The summed E-state index contributed by atoms with van der Waals surface area (Å²) < 4.78 is 5.25. The summed E-state index contributed by atoms with van der Waals surface area (Å²) in [6.07, 6.45) is 3.55. The number of hydrogen-bond donors (Lipinski definition) is 2.